The van der Waals surface area contributed by atoms with Crippen LogP contribution in [0.15, 0.2) is 52.7 Å². The lowest BCUT2D eigenvalue weighted by atomic mass is 9.81. The van der Waals surface area contributed by atoms with E-state index in [4.69, 9.17) is 9.79 Å². The normalized spacial score (nSPS) is 21.3. The van der Waals surface area contributed by atoms with Crippen LogP contribution in [0.4, 0.5) is 0 Å². The van der Waals surface area contributed by atoms with Crippen molar-refractivity contribution in [1.29, 1.82) is 0 Å². The molecule has 10 heteroatoms. The van der Waals surface area contributed by atoms with Crippen molar-refractivity contribution < 1.29 is 39.9 Å². The highest BCUT2D eigenvalue weighted by molar-refractivity contribution is 7.50. The molecule has 1 aliphatic carbocycles. The quantitative estimate of drug-likeness (QED) is 0.296. The number of nitrogens with zero attached hydrogens (tertiary/aromatic N) is 1. The Morgan fingerprint density at radius 1 is 1.12 bits per heavy atom. The molecule has 9 nitrogen and oxygen atoms in total. The summed E-state index contributed by atoms with van der Waals surface area (Å²) in [6.07, 6.45) is 1.36. The molecule has 1 aromatic carbocycles. The maximum Gasteiger partial charge on any atom is 0.448 e. The number of phenols is 1. The number of hydrogen-bond donors (Lipinski definition) is 7. The van der Waals surface area contributed by atoms with Gasteiger partial charge < -0.3 is 35.3 Å². The Bertz CT molecular complexity index is 806. The van der Waals surface area contributed by atoms with Crippen molar-refractivity contribution in [3.05, 3.63) is 53.5 Å². The Balaban J connectivity index is 2.35. The lowest BCUT2D eigenvalue weighted by Crippen LogP contribution is -2.45. The van der Waals surface area contributed by atoms with Gasteiger partial charge in [0, 0.05) is 18.6 Å². The second-order valence-corrected chi connectivity index (χ2v) is 7.41. The summed E-state index contributed by atoms with van der Waals surface area (Å²) in [5.74, 6) is -5.92. The van der Waals surface area contributed by atoms with Crippen LogP contribution in [0.1, 0.15) is 24.8 Å². The van der Waals surface area contributed by atoms with Gasteiger partial charge in [0.05, 0.1) is 5.71 Å². The molecule has 0 fully saturated rings. The first kappa shape index (κ1) is 20.2. The van der Waals surface area contributed by atoms with Crippen LogP contribution in [0, 0.1) is 5.92 Å². The van der Waals surface area contributed by atoms with E-state index in [0.717, 1.165) is 12.2 Å². The smallest absolute Gasteiger partial charge is 0.448 e. The van der Waals surface area contributed by atoms with E-state index in [-0.39, 0.29) is 12.2 Å². The molecule has 0 saturated carbocycles. The molecule has 2 unspecified atom stereocenters. The molecule has 0 spiro atoms. The van der Waals surface area contributed by atoms with Gasteiger partial charge in [-0.2, -0.15) is 4.76 Å². The largest absolute Gasteiger partial charge is 0.511 e. The number of aromatic hydroxyl groups is 1. The third-order valence-electron chi connectivity index (χ3n) is 3.96. The van der Waals surface area contributed by atoms with Crippen LogP contribution in [0.2, 0.25) is 0 Å². The standard InChI is InChI=1S/C16H20NO8P/c1-9(10-2-4-11(18)5-3-10)8-16(21,22)15-13(17-26(23,24)25)6-12(19)7-14(15)20/h2-7,9,15,18-22H,8H2,1H3,(H2,23,24,25)/b17-13+. The van der Waals surface area contributed by atoms with Gasteiger partial charge in [-0.1, -0.05) is 19.1 Å². The summed E-state index contributed by atoms with van der Waals surface area (Å²) in [5.41, 5.74) is 0.111. The van der Waals surface area contributed by atoms with Gasteiger partial charge in [-0.25, -0.2) is 4.57 Å². The second-order valence-electron chi connectivity index (χ2n) is 6.18. The number of aliphatic hydroxyl groups is 4. The fourth-order valence-electron chi connectivity index (χ4n) is 2.86. The average Bonchev–Trinajstić information content (AvgIpc) is 2.44. The van der Waals surface area contributed by atoms with Gasteiger partial charge in [0.15, 0.2) is 5.79 Å². The van der Waals surface area contributed by atoms with E-state index in [0.29, 0.717) is 5.56 Å². The van der Waals surface area contributed by atoms with Gasteiger partial charge in [-0.3, -0.25) is 0 Å². The first-order valence-electron chi connectivity index (χ1n) is 7.59. The molecule has 2 atom stereocenters. The Morgan fingerprint density at radius 2 is 1.69 bits per heavy atom. The van der Waals surface area contributed by atoms with Gasteiger partial charge in [0.1, 0.15) is 23.2 Å². The first-order valence-corrected chi connectivity index (χ1v) is 9.16. The van der Waals surface area contributed by atoms with Crippen molar-refractivity contribution in [2.75, 3.05) is 0 Å². The molecule has 0 radical (unpaired) electrons. The Kier molecular flexibility index (Phi) is 5.60. The van der Waals surface area contributed by atoms with E-state index in [2.05, 4.69) is 4.76 Å². The van der Waals surface area contributed by atoms with Crippen LogP contribution in [0.5, 0.6) is 5.75 Å². The van der Waals surface area contributed by atoms with E-state index in [9.17, 15) is 30.1 Å². The summed E-state index contributed by atoms with van der Waals surface area (Å²) in [7, 11) is -4.95. The lowest BCUT2D eigenvalue weighted by Gasteiger charge is -2.34. The van der Waals surface area contributed by atoms with Crippen LogP contribution < -0.4 is 0 Å². The van der Waals surface area contributed by atoms with Crippen molar-refractivity contribution in [2.24, 2.45) is 10.7 Å². The second kappa shape index (κ2) is 7.22. The van der Waals surface area contributed by atoms with Crippen molar-refractivity contribution in [3.63, 3.8) is 0 Å². The summed E-state index contributed by atoms with van der Waals surface area (Å²) in [5, 5.41) is 49.9. The van der Waals surface area contributed by atoms with E-state index < -0.39 is 42.6 Å². The molecule has 7 N–H and O–H groups in total. The fourth-order valence-corrected chi connectivity index (χ4v) is 3.34. The molecule has 0 aromatic heterocycles. The van der Waals surface area contributed by atoms with Gasteiger partial charge >= 0.3 is 7.75 Å². The van der Waals surface area contributed by atoms with Crippen molar-refractivity contribution >= 4 is 13.5 Å². The highest BCUT2D eigenvalue weighted by Gasteiger charge is 2.44. The Labute approximate surface area is 149 Å². The summed E-state index contributed by atoms with van der Waals surface area (Å²) in [6, 6.07) is 6.04. The molecule has 0 amide bonds. The number of aliphatic hydroxyl groups excluding tert-OH is 2. The van der Waals surface area contributed by atoms with Crippen molar-refractivity contribution in [3.8, 4) is 5.75 Å². The Hall–Kier alpha value is -2.16. The van der Waals surface area contributed by atoms with Gasteiger partial charge in [0.2, 0.25) is 0 Å². The lowest BCUT2D eigenvalue weighted by molar-refractivity contribution is -0.188. The number of rotatable bonds is 5. The monoisotopic (exact) mass is 385 g/mol. The highest BCUT2D eigenvalue weighted by atomic mass is 31.2. The molecular formula is C16H20NO8P. The number of benzene rings is 1. The molecule has 26 heavy (non-hydrogen) atoms. The van der Waals surface area contributed by atoms with E-state index in [1.54, 1.807) is 19.1 Å². The van der Waals surface area contributed by atoms with Crippen LogP contribution in [-0.2, 0) is 4.57 Å². The summed E-state index contributed by atoms with van der Waals surface area (Å²) in [4.78, 5) is 18.1. The summed E-state index contributed by atoms with van der Waals surface area (Å²) < 4.78 is 14.3. The minimum Gasteiger partial charge on any atom is -0.511 e. The molecule has 0 heterocycles. The molecular weight excluding hydrogens is 365 g/mol. The topological polar surface area (TPSA) is 171 Å². The average molecular weight is 385 g/mol. The zero-order valence-corrected chi connectivity index (χ0v) is 14.7. The third-order valence-corrected chi connectivity index (χ3v) is 4.45. The minimum absolute atomic E-state index is 0.0461. The highest BCUT2D eigenvalue weighted by Crippen LogP contribution is 2.41. The maximum atomic E-state index is 11.2. The molecule has 142 valence electrons. The maximum absolute atomic E-state index is 11.2. The van der Waals surface area contributed by atoms with Crippen LogP contribution in [-0.4, -0.2) is 46.8 Å². The van der Waals surface area contributed by atoms with E-state index in [1.807, 2.05) is 0 Å². The molecule has 0 saturated heterocycles. The fraction of sp³-hybridized carbons (Fsp3) is 0.312. The predicted molar refractivity (Wildman–Crippen MR) is 92.7 cm³/mol. The van der Waals surface area contributed by atoms with Gasteiger partial charge in [-0.15, -0.1) is 0 Å². The number of phenolic OH excluding ortho intramolecular Hbond substituents is 1. The summed E-state index contributed by atoms with van der Waals surface area (Å²) >= 11 is 0. The molecule has 1 aromatic rings. The number of allylic oxidation sites excluding steroid dienone is 2. The zero-order chi connectivity index (χ0) is 19.7. The molecule has 2 rings (SSSR count). The minimum atomic E-state index is -4.95. The predicted octanol–water partition coefficient (Wildman–Crippen LogP) is 1.61. The van der Waals surface area contributed by atoms with Crippen molar-refractivity contribution in [1.82, 2.24) is 0 Å². The molecule has 1 aliphatic rings. The third kappa shape index (κ3) is 4.94. The van der Waals surface area contributed by atoms with Crippen molar-refractivity contribution in [2.45, 2.75) is 25.0 Å². The van der Waals surface area contributed by atoms with E-state index in [1.165, 1.54) is 12.1 Å². The Morgan fingerprint density at radius 3 is 2.23 bits per heavy atom. The van der Waals surface area contributed by atoms with Crippen LogP contribution in [0.25, 0.3) is 0 Å². The first-order chi connectivity index (χ1) is 11.9. The van der Waals surface area contributed by atoms with Gasteiger partial charge in [0.25, 0.3) is 0 Å². The summed E-state index contributed by atoms with van der Waals surface area (Å²) in [6.45, 7) is 1.67. The SMILES string of the molecule is CC(CC(O)(O)C1C(O)=CC(O)=C/C1=N\P(=O)(O)O)c1ccc(O)cc1. The number of hydrogen-bond acceptors (Lipinski definition) is 6. The van der Waals surface area contributed by atoms with Crippen LogP contribution in [0.3, 0.4) is 0 Å². The van der Waals surface area contributed by atoms with Crippen LogP contribution >= 0.6 is 7.75 Å². The zero-order valence-electron chi connectivity index (χ0n) is 13.8. The molecule has 0 bridgehead atoms. The van der Waals surface area contributed by atoms with E-state index >= 15 is 0 Å². The molecule has 0 aliphatic heterocycles. The van der Waals surface area contributed by atoms with Gasteiger partial charge in [-0.05, 0) is 23.6 Å².